The lowest BCUT2D eigenvalue weighted by molar-refractivity contribution is -0.123. The fraction of sp³-hybridized carbons (Fsp3) is 0.448. The number of piperazine rings is 2. The van der Waals surface area contributed by atoms with Crippen molar-refractivity contribution in [2.75, 3.05) is 192 Å². The van der Waals surface area contributed by atoms with Crippen molar-refractivity contribution in [3.63, 3.8) is 0 Å². The van der Waals surface area contributed by atoms with Crippen LogP contribution in [0.15, 0.2) is 159 Å². The van der Waals surface area contributed by atoms with Crippen LogP contribution >= 0.6 is 0 Å². The lowest BCUT2D eigenvalue weighted by Crippen LogP contribution is -2.46. The molecule has 0 spiro atoms. The fourth-order valence-corrected chi connectivity index (χ4v) is 12.9. The van der Waals surface area contributed by atoms with Crippen LogP contribution in [0.3, 0.4) is 0 Å². The van der Waals surface area contributed by atoms with Crippen LogP contribution in [0.1, 0.15) is 101 Å². The van der Waals surface area contributed by atoms with E-state index in [2.05, 4.69) is 92.0 Å². The lowest BCUT2D eigenvalue weighted by Gasteiger charge is -2.34. The second-order valence-corrected chi connectivity index (χ2v) is 28.7. The summed E-state index contributed by atoms with van der Waals surface area (Å²) in [6.07, 6.45) is 15.0. The highest BCUT2D eigenvalue weighted by Gasteiger charge is 2.22. The summed E-state index contributed by atoms with van der Waals surface area (Å²) >= 11 is 0. The molecule has 30 heteroatoms. The quantitative estimate of drug-likeness (QED) is 0.0165. The number of aromatic nitrogens is 6. The van der Waals surface area contributed by atoms with Crippen molar-refractivity contribution in [3.8, 4) is 22.5 Å². The number of hydrogen-bond donors (Lipinski definition) is 8. The maximum absolute atomic E-state index is 13.3. The predicted octanol–water partition coefficient (Wildman–Crippen LogP) is 9.01. The van der Waals surface area contributed by atoms with Crippen LogP contribution in [0, 0.1) is 13.8 Å². The van der Waals surface area contributed by atoms with E-state index in [1.165, 1.54) is 0 Å². The Morgan fingerprint density at radius 2 is 0.709 bits per heavy atom. The summed E-state index contributed by atoms with van der Waals surface area (Å²) in [5.74, 6) is 0.369. The van der Waals surface area contributed by atoms with E-state index < -0.39 is 0 Å². The third-order valence-electron chi connectivity index (χ3n) is 19.6. The average Bonchev–Trinajstić information content (AvgIpc) is 0.838. The van der Waals surface area contributed by atoms with Crippen LogP contribution in [-0.2, 0) is 60.7 Å². The van der Waals surface area contributed by atoms with Gasteiger partial charge in [-0.25, -0.2) is 19.9 Å². The van der Waals surface area contributed by atoms with Gasteiger partial charge in [-0.05, 0) is 153 Å². The topological polar surface area (TPSA) is 344 Å². The highest BCUT2D eigenvalue weighted by atomic mass is 16.5. The summed E-state index contributed by atoms with van der Waals surface area (Å²) in [6, 6.07) is 38.2. The van der Waals surface area contributed by atoms with E-state index in [9.17, 15) is 28.8 Å². The van der Waals surface area contributed by atoms with Crippen molar-refractivity contribution in [1.82, 2.24) is 70.8 Å². The molecule has 30 nitrogen and oxygen atoms in total. The number of ether oxygens (including phenoxy) is 6. The lowest BCUT2D eigenvalue weighted by atomic mass is 10.1. The van der Waals surface area contributed by atoms with Gasteiger partial charge in [-0.3, -0.25) is 48.5 Å². The Morgan fingerprint density at radius 3 is 1.06 bits per heavy atom. The summed E-state index contributed by atoms with van der Waals surface area (Å²) in [5.41, 5.74) is 11.5. The summed E-state index contributed by atoms with van der Waals surface area (Å²) in [5, 5.41) is 24.4. The van der Waals surface area contributed by atoms with Gasteiger partial charge in [0.1, 0.15) is 0 Å². The first-order valence-corrected chi connectivity index (χ1v) is 40.8. The highest BCUT2D eigenvalue weighted by Crippen LogP contribution is 2.28. The minimum absolute atomic E-state index is 0.0347. The third-order valence-corrected chi connectivity index (χ3v) is 19.6. The Bertz CT molecular complexity index is 4040. The molecule has 0 unspecified atom stereocenters. The zero-order valence-corrected chi connectivity index (χ0v) is 67.5. The number of nitrogens with one attached hydrogen (secondary N) is 8. The van der Waals surface area contributed by atoms with Crippen molar-refractivity contribution in [3.05, 3.63) is 192 Å². The van der Waals surface area contributed by atoms with E-state index >= 15 is 0 Å². The Balaban J connectivity index is 0.428. The number of carbonyl (C=O) groups excluding carboxylic acids is 6. The van der Waals surface area contributed by atoms with E-state index in [-0.39, 0.29) is 48.3 Å². The number of nitrogens with zero attached hydrogens (tertiary/aromatic N) is 10. The first-order valence-electron chi connectivity index (χ1n) is 40.8. The summed E-state index contributed by atoms with van der Waals surface area (Å²) < 4.78 is 33.8. The van der Waals surface area contributed by atoms with Crippen LogP contribution < -0.4 is 42.5 Å². The second-order valence-electron chi connectivity index (χ2n) is 28.7. The molecule has 8 aromatic rings. The van der Waals surface area contributed by atoms with Crippen LogP contribution in [0.4, 0.5) is 34.6 Å². The molecular weight excluding hydrogens is 1490 g/mol. The van der Waals surface area contributed by atoms with Gasteiger partial charge in [0.25, 0.3) is 11.8 Å². The molecule has 0 aliphatic carbocycles. The second kappa shape index (κ2) is 50.8. The van der Waals surface area contributed by atoms with Crippen LogP contribution in [0.25, 0.3) is 22.5 Å². The molecule has 2 aliphatic heterocycles. The normalized spacial score (nSPS) is 13.4. The summed E-state index contributed by atoms with van der Waals surface area (Å²) in [4.78, 5) is 112. The van der Waals surface area contributed by atoms with Gasteiger partial charge in [-0.15, -0.1) is 0 Å². The molecular formula is C87H114N18O12. The molecule has 117 heavy (non-hydrogen) atoms. The monoisotopic (exact) mass is 1600 g/mol. The van der Waals surface area contributed by atoms with E-state index in [1.54, 1.807) is 37.2 Å². The van der Waals surface area contributed by atoms with E-state index in [1.807, 2.05) is 135 Å². The largest absolute Gasteiger partial charge is 0.379 e. The van der Waals surface area contributed by atoms with Crippen molar-refractivity contribution in [1.29, 1.82) is 0 Å². The SMILES string of the molecule is Cc1ccc(NC(=O)c2ccc(CN3CCN(CCC(=O)NCCCOCCOCCOCCCNC(=O)CCCC(=O)NCCCOCCOCCOCCCNC(=O)CCN4CCN(Cc5ccc(C(=O)Nc6ccc(C)c(Nc7nccc(-c8cccnc8)n7)c6)cc5)CC4)CC3)cc2)cc1Nc1nccc(-c2cccnc2)n1. The van der Waals surface area contributed by atoms with Gasteiger partial charge in [0.2, 0.25) is 35.5 Å². The zero-order valence-electron chi connectivity index (χ0n) is 67.5. The van der Waals surface area contributed by atoms with E-state index in [0.717, 1.165) is 122 Å². The van der Waals surface area contributed by atoms with Gasteiger partial charge in [-0.2, -0.15) is 0 Å². The van der Waals surface area contributed by atoms with Gasteiger partial charge >= 0.3 is 0 Å². The Kier molecular flexibility index (Phi) is 38.5. The molecule has 4 aromatic heterocycles. The van der Waals surface area contributed by atoms with Crippen LogP contribution in [-0.4, -0.2) is 256 Å². The molecule has 2 aliphatic rings. The van der Waals surface area contributed by atoms with Crippen LogP contribution in [0.2, 0.25) is 0 Å². The average molecular weight is 1600 g/mol. The molecule has 624 valence electrons. The van der Waals surface area contributed by atoms with E-state index in [0.29, 0.717) is 198 Å². The van der Waals surface area contributed by atoms with Crippen molar-refractivity contribution in [2.45, 2.75) is 84.7 Å². The summed E-state index contributed by atoms with van der Waals surface area (Å²) in [6.45, 7) is 21.7. The third kappa shape index (κ3) is 33.5. The zero-order chi connectivity index (χ0) is 81.7. The molecule has 10 rings (SSSR count). The summed E-state index contributed by atoms with van der Waals surface area (Å²) in [7, 11) is 0. The number of carbonyl (C=O) groups is 6. The predicted molar refractivity (Wildman–Crippen MR) is 450 cm³/mol. The maximum Gasteiger partial charge on any atom is 0.255 e. The molecule has 2 fully saturated rings. The fourth-order valence-electron chi connectivity index (χ4n) is 12.9. The molecule has 6 heterocycles. The number of aryl methyl sites for hydroxylation is 2. The minimum atomic E-state index is -0.198. The van der Waals surface area contributed by atoms with Gasteiger partial charge in [0.15, 0.2) is 0 Å². The first-order chi connectivity index (χ1) is 57.3. The van der Waals surface area contributed by atoms with Gasteiger partial charge in [0, 0.05) is 239 Å². The smallest absolute Gasteiger partial charge is 0.255 e. The maximum atomic E-state index is 13.3. The molecule has 2 saturated heterocycles. The van der Waals surface area contributed by atoms with Gasteiger partial charge < -0.3 is 80.8 Å². The molecule has 0 atom stereocenters. The molecule has 0 saturated carbocycles. The Morgan fingerprint density at radius 1 is 0.368 bits per heavy atom. The molecule has 6 amide bonds. The van der Waals surface area contributed by atoms with Crippen molar-refractivity contribution in [2.24, 2.45) is 0 Å². The number of amides is 6. The Labute approximate surface area is 686 Å². The standard InChI is InChI=1S/C87H114N18O12/c1-66-14-24-74(60-78(66)100-86-94-36-26-76(98-86)72-10-4-30-88-62-72)96-84(110)70-20-16-68(17-21-70)64-104-44-40-102(41-45-104)38-28-82(108)92-34-8-50-114-54-58-116-56-52-112-48-6-32-90-80(106)12-3-13-81(107)91-33-7-49-113-53-57-117-59-55-115-51-9-35-93-83(109)29-39-103-42-46-105(47-43-103)65-69-18-22-71(23-19-69)85(111)97-75-25-15-67(2)79(61-75)101-87-95-37-27-77(99-87)73-11-5-31-89-63-73/h4-5,10-11,14-27,30-31,36-37,60-63H,3,6-9,12-13,28-29,32-35,38-59,64-65H2,1-2H3,(H,90,106)(H,91,107)(H,92,108)(H,93,109)(H,96,110)(H,97,111)(H,94,98,100)(H,95,99,101). The van der Waals surface area contributed by atoms with Crippen molar-refractivity contribution >= 4 is 70.1 Å². The minimum Gasteiger partial charge on any atom is -0.379 e. The molecule has 4 aromatic carbocycles. The number of benzene rings is 4. The van der Waals surface area contributed by atoms with Crippen LogP contribution in [0.5, 0.6) is 0 Å². The number of anilines is 6. The van der Waals surface area contributed by atoms with E-state index in [4.69, 9.17) is 28.4 Å². The number of pyridine rings is 2. The highest BCUT2D eigenvalue weighted by molar-refractivity contribution is 6.05. The van der Waals surface area contributed by atoms with Gasteiger partial charge in [-0.1, -0.05) is 36.4 Å². The molecule has 8 N–H and O–H groups in total. The first kappa shape index (κ1) is 88.7. The number of rotatable bonds is 52. The molecule has 0 bridgehead atoms. The number of hydrogen-bond acceptors (Lipinski definition) is 24. The van der Waals surface area contributed by atoms with Crippen molar-refractivity contribution < 1.29 is 57.2 Å². The molecule has 0 radical (unpaired) electrons. The van der Waals surface area contributed by atoms with Gasteiger partial charge in [0.05, 0.1) is 64.2 Å². The Hall–Kier alpha value is -10.6.